The van der Waals surface area contributed by atoms with E-state index < -0.39 is 26.2 Å². The molecule has 0 aromatic heterocycles. The number of aromatic carboxylic acids is 1. The van der Waals surface area contributed by atoms with Crippen LogP contribution in [0.15, 0.2) is 177 Å². The number of nitrogens with two attached hydrogens (primary N) is 14. The lowest BCUT2D eigenvalue weighted by Crippen LogP contribution is -2.10. The zero-order valence-electron chi connectivity index (χ0n) is 54.0. The first-order valence-electron chi connectivity index (χ1n) is 28.9. The fourth-order valence-corrected chi connectivity index (χ4v) is 11.7. The van der Waals surface area contributed by atoms with Crippen LogP contribution in [0.2, 0.25) is 0 Å². The van der Waals surface area contributed by atoms with Crippen molar-refractivity contribution in [1.82, 2.24) is 0 Å². The third-order valence-electron chi connectivity index (χ3n) is 15.0. The summed E-state index contributed by atoms with van der Waals surface area (Å²) < 4.78 is 66.5. The monoisotopic (exact) mass is 1390 g/mol. The maximum atomic E-state index is 11.1. The molecule has 32 N–H and O–H groups in total. The van der Waals surface area contributed by atoms with Crippen molar-refractivity contribution in [3.05, 3.63) is 208 Å². The van der Waals surface area contributed by atoms with Crippen LogP contribution in [0, 0.1) is 34.6 Å². The van der Waals surface area contributed by atoms with Gasteiger partial charge in [0.25, 0.3) is 20.2 Å². The Kier molecular flexibility index (Phi) is 26.2. The molecule has 0 atom stereocenters. The summed E-state index contributed by atoms with van der Waals surface area (Å²) >= 11 is 8.15. The smallest absolute Gasteiger partial charge is 0.337 e. The predicted octanol–water partition coefficient (Wildman–Crippen LogP) is 10.7. The molecule has 0 amide bonds. The Morgan fingerprint density at radius 2 is 0.825 bits per heavy atom. The van der Waals surface area contributed by atoms with Crippen molar-refractivity contribution < 1.29 is 45.7 Å². The number of benzene rings is 10. The Labute approximate surface area is 574 Å². The maximum Gasteiger partial charge on any atom is 0.337 e. The fraction of sp³-hybridized carbons (Fsp3) is 0.116. The summed E-state index contributed by atoms with van der Waals surface area (Å²) in [6.07, 6.45) is 0.945. The van der Waals surface area contributed by atoms with Gasteiger partial charge in [-0.1, -0.05) is 30.3 Å². The molecule has 512 valence electrons. The van der Waals surface area contributed by atoms with Crippen LogP contribution < -0.4 is 85.0 Å². The van der Waals surface area contributed by atoms with Gasteiger partial charge in [0.05, 0.1) is 25.0 Å². The van der Waals surface area contributed by atoms with Gasteiger partial charge in [-0.2, -0.15) is 16.8 Å². The number of aliphatic hydroxyl groups excluding tert-OH is 1. The van der Waals surface area contributed by atoms with Crippen molar-refractivity contribution in [2.45, 2.75) is 67.2 Å². The Bertz CT molecular complexity index is 4560. The summed E-state index contributed by atoms with van der Waals surface area (Å²) in [5.41, 5.74) is 99.2. The van der Waals surface area contributed by atoms with Gasteiger partial charge in [0.2, 0.25) is 0 Å². The first-order chi connectivity index (χ1) is 45.3. The molecule has 0 unspecified atom stereocenters. The third kappa shape index (κ3) is 20.6. The molecule has 97 heavy (non-hydrogen) atoms. The summed E-state index contributed by atoms with van der Waals surface area (Å²) in [6.45, 7) is 8.74. The van der Waals surface area contributed by atoms with Crippen molar-refractivity contribution >= 4 is 131 Å². The van der Waals surface area contributed by atoms with E-state index in [4.69, 9.17) is 99.2 Å². The minimum atomic E-state index is -4.29. The number of hydrogen-bond acceptors (Lipinski definition) is 23. The summed E-state index contributed by atoms with van der Waals surface area (Å²) in [5, 5.41) is 17.9. The Morgan fingerprint density at radius 1 is 0.433 bits per heavy atom. The van der Waals surface area contributed by atoms with Gasteiger partial charge in [0, 0.05) is 95.4 Å². The predicted molar refractivity (Wildman–Crippen MR) is 403 cm³/mol. The molecule has 0 fully saturated rings. The molecule has 1 aliphatic carbocycles. The molecule has 10 aromatic rings. The van der Waals surface area contributed by atoms with Gasteiger partial charge in [-0.05, 0) is 235 Å². The Balaban J connectivity index is 0.000000206. The van der Waals surface area contributed by atoms with Gasteiger partial charge >= 0.3 is 5.97 Å². The number of nitrogen functional groups attached to an aromatic ring is 14. The summed E-state index contributed by atoms with van der Waals surface area (Å²) in [4.78, 5) is 11.2. The third-order valence-corrected chi connectivity index (χ3v) is 17.8. The standard InChI is InChI=1S/C14H16N2O2.C14H16N2.C13H12N2.C9H14N2O3S.C7H8N2O2.C6H8N2O3S.C6H8N2S2/c1-18-14-7-11(16)3-5-13(14)12-4-2-10(15)6-9(12)8-17;1-9-7-11(3-5-13(9)15)12-4-6-14(16)10(2)8-12;14-10-1-3-12-8(6-10)5-9-7-11(15)2-4-13(9)12;1-4-7(10)5(2)9(15(12,13)14)6(3)8(4)11;8-4-1-2-5(7(10)11)6(9)3-4;7-4-1-2-5(8)6(3-4)12(9,10)11;7-3-1-5(9)4(8)2-6(3)10/h2-7,17H,8,15-16H2,1H3;3-8H,15-16H2,1-2H3;1-4,6-7H,5,14-15H2;10-11H2,1-3H3,(H,12,13,14);1-3H,8-9H2,(H,10,11);1-3H,7-8H2,(H,9,10,11);1-2,9-10H,7-8H2. The molecular weight excluding hydrogens is 1310 g/mol. The molecule has 11 rings (SSSR count). The molecule has 0 saturated heterocycles. The van der Waals surface area contributed by atoms with E-state index in [0.29, 0.717) is 72.0 Å². The molecule has 0 radical (unpaired) electrons. The lowest BCUT2D eigenvalue weighted by atomic mass is 9.98. The molecule has 10 aromatic carbocycles. The average molecular weight is 1400 g/mol. The molecule has 0 heterocycles. The van der Waals surface area contributed by atoms with Gasteiger partial charge in [-0.3, -0.25) is 9.11 Å². The second-order valence-corrected chi connectivity index (χ2v) is 25.8. The molecule has 0 saturated carbocycles. The zero-order valence-corrected chi connectivity index (χ0v) is 57.4. The Hall–Kier alpha value is -10.9. The number of aliphatic hydroxyl groups is 1. The number of aryl methyl sites for hydroxylation is 2. The minimum Gasteiger partial charge on any atom is -0.496 e. The minimum absolute atomic E-state index is 0.0216. The van der Waals surface area contributed by atoms with E-state index in [0.717, 1.165) is 63.1 Å². The van der Waals surface area contributed by atoms with Crippen LogP contribution in [0.1, 0.15) is 54.9 Å². The van der Waals surface area contributed by atoms with Crippen LogP contribution in [-0.4, -0.2) is 49.2 Å². The van der Waals surface area contributed by atoms with Gasteiger partial charge in [-0.15, -0.1) is 25.3 Å². The van der Waals surface area contributed by atoms with Crippen LogP contribution in [-0.2, 0) is 33.3 Å². The van der Waals surface area contributed by atoms with Crippen LogP contribution in [0.25, 0.3) is 33.4 Å². The molecule has 0 aliphatic heterocycles. The molecular formula is C69H82N14O10S4. The van der Waals surface area contributed by atoms with E-state index in [1.54, 1.807) is 50.4 Å². The number of methoxy groups -OCH3 is 1. The van der Waals surface area contributed by atoms with E-state index in [2.05, 4.69) is 49.5 Å². The van der Waals surface area contributed by atoms with E-state index in [1.165, 1.54) is 77.6 Å². The van der Waals surface area contributed by atoms with Gasteiger partial charge in [-0.25, -0.2) is 4.79 Å². The fourth-order valence-electron chi connectivity index (χ4n) is 9.68. The lowest BCUT2D eigenvalue weighted by molar-refractivity contribution is 0.0698. The second kappa shape index (κ2) is 33.0. The highest BCUT2D eigenvalue weighted by Crippen LogP contribution is 2.39. The summed E-state index contributed by atoms with van der Waals surface area (Å²) in [5.74, 6) is -0.364. The summed E-state index contributed by atoms with van der Waals surface area (Å²) in [7, 11) is -6.96. The van der Waals surface area contributed by atoms with Crippen molar-refractivity contribution in [2.75, 3.05) is 87.4 Å². The number of carbonyl (C=O) groups is 1. The van der Waals surface area contributed by atoms with Crippen molar-refractivity contribution in [3.63, 3.8) is 0 Å². The lowest BCUT2D eigenvalue weighted by Gasteiger charge is -2.15. The van der Waals surface area contributed by atoms with Crippen LogP contribution in [0.5, 0.6) is 5.75 Å². The normalized spacial score (nSPS) is 10.8. The van der Waals surface area contributed by atoms with Gasteiger partial charge in [0.15, 0.2) is 0 Å². The number of hydrogen-bond donors (Lipinski definition) is 20. The number of carboxylic acid groups (broad SMARTS) is 1. The molecule has 0 spiro atoms. The van der Waals surface area contributed by atoms with Gasteiger partial charge in [0.1, 0.15) is 15.5 Å². The van der Waals surface area contributed by atoms with Crippen LogP contribution in [0.4, 0.5) is 79.6 Å². The van der Waals surface area contributed by atoms with Crippen LogP contribution in [0.3, 0.4) is 0 Å². The van der Waals surface area contributed by atoms with Crippen molar-refractivity contribution in [2.24, 2.45) is 0 Å². The molecule has 1 aliphatic rings. The molecule has 24 nitrogen and oxygen atoms in total. The Morgan fingerprint density at radius 3 is 1.23 bits per heavy atom. The maximum absolute atomic E-state index is 11.1. The van der Waals surface area contributed by atoms with E-state index in [-0.39, 0.29) is 39.0 Å². The average Bonchev–Trinajstić information content (AvgIpc) is 1.77. The zero-order chi connectivity index (χ0) is 72.7. The van der Waals surface area contributed by atoms with E-state index >= 15 is 0 Å². The van der Waals surface area contributed by atoms with Crippen molar-refractivity contribution in [3.8, 4) is 39.1 Å². The molecule has 28 heteroatoms. The highest BCUT2D eigenvalue weighted by Gasteiger charge is 2.23. The number of fused-ring (bicyclic) bond motifs is 3. The van der Waals surface area contributed by atoms with E-state index in [9.17, 15) is 26.7 Å². The largest absolute Gasteiger partial charge is 0.496 e. The first kappa shape index (κ1) is 76.9. The number of rotatable bonds is 7. The van der Waals surface area contributed by atoms with Crippen molar-refractivity contribution in [1.29, 1.82) is 0 Å². The SMILES string of the molecule is COc1cc(N)ccc1-c1ccc(N)cc1CO.Cc1c(N)c(C)c(S(=O)(=O)O)c(C)c1N.Cc1cc(-c2ccc(N)c(C)c2)ccc1N.Nc1cc(S)c(N)cc1S.Nc1ccc(C(=O)O)c(N)c1.Nc1ccc(N)c(S(=O)(=O)O)c1.Nc1ccc2c(c1)Cc1cc(N)ccc1-2. The van der Waals surface area contributed by atoms with Gasteiger partial charge < -0.3 is 95.2 Å². The number of anilines is 14. The number of ether oxygens (including phenoxy) is 1. The molecule has 0 bridgehead atoms. The van der Waals surface area contributed by atoms with E-state index in [1.807, 2.05) is 74.5 Å². The second-order valence-electron chi connectivity index (χ2n) is 22.1. The van der Waals surface area contributed by atoms with Crippen LogP contribution >= 0.6 is 25.3 Å². The highest BCUT2D eigenvalue weighted by atomic mass is 32.2. The quantitative estimate of drug-likeness (QED) is 0.0400. The highest BCUT2D eigenvalue weighted by molar-refractivity contribution is 7.86. The topological polar surface area (TPSA) is 540 Å². The first-order valence-corrected chi connectivity index (χ1v) is 32.7. The number of carboxylic acids is 1. The summed E-state index contributed by atoms with van der Waals surface area (Å²) in [6, 6.07) is 46.7. The number of thiol groups is 2.